The fourth-order valence-corrected chi connectivity index (χ4v) is 1.68. The summed E-state index contributed by atoms with van der Waals surface area (Å²) >= 11 is 0. The molecular weight excluding hydrogens is 174 g/mol. The van der Waals surface area contributed by atoms with Gasteiger partial charge in [-0.2, -0.15) is 0 Å². The van der Waals surface area contributed by atoms with E-state index in [4.69, 9.17) is 10.2 Å². The van der Waals surface area contributed by atoms with Crippen molar-refractivity contribution in [3.63, 3.8) is 0 Å². The second-order valence-electron chi connectivity index (χ2n) is 4.08. The largest absolute Gasteiger partial charge is 0.469 e. The van der Waals surface area contributed by atoms with Gasteiger partial charge >= 0.3 is 0 Å². The normalized spacial score (nSPS) is 15.4. The SMILES string of the molecule is CCCCC(N)(CC)Cc1ccco1. The van der Waals surface area contributed by atoms with E-state index in [1.165, 1.54) is 12.8 Å². The first-order valence-corrected chi connectivity index (χ1v) is 5.51. The van der Waals surface area contributed by atoms with E-state index in [9.17, 15) is 0 Å². The molecule has 1 aromatic heterocycles. The lowest BCUT2D eigenvalue weighted by Gasteiger charge is -2.27. The van der Waals surface area contributed by atoms with Gasteiger partial charge in [-0.15, -0.1) is 0 Å². The van der Waals surface area contributed by atoms with Crippen LogP contribution in [0.25, 0.3) is 0 Å². The molecule has 1 unspecified atom stereocenters. The Balaban J connectivity index is 2.52. The summed E-state index contributed by atoms with van der Waals surface area (Å²) in [6, 6.07) is 3.93. The molecule has 2 N–H and O–H groups in total. The van der Waals surface area contributed by atoms with Gasteiger partial charge in [0.15, 0.2) is 0 Å². The smallest absolute Gasteiger partial charge is 0.105 e. The van der Waals surface area contributed by atoms with Crippen LogP contribution in [0.15, 0.2) is 22.8 Å². The second kappa shape index (κ2) is 5.20. The van der Waals surface area contributed by atoms with Crippen molar-refractivity contribution in [1.29, 1.82) is 0 Å². The molecule has 1 atom stereocenters. The Kier molecular flexibility index (Phi) is 4.21. The molecule has 1 rings (SSSR count). The van der Waals surface area contributed by atoms with Crippen molar-refractivity contribution in [2.75, 3.05) is 0 Å². The number of hydrogen-bond donors (Lipinski definition) is 1. The molecule has 2 nitrogen and oxygen atoms in total. The third-order valence-electron chi connectivity index (χ3n) is 2.84. The highest BCUT2D eigenvalue weighted by Crippen LogP contribution is 2.21. The number of nitrogens with two attached hydrogens (primary N) is 1. The minimum absolute atomic E-state index is 0.0755. The van der Waals surface area contributed by atoms with E-state index in [0.29, 0.717) is 0 Å². The van der Waals surface area contributed by atoms with Gasteiger partial charge in [0.2, 0.25) is 0 Å². The molecule has 0 radical (unpaired) electrons. The van der Waals surface area contributed by atoms with Gasteiger partial charge in [-0.3, -0.25) is 0 Å². The molecule has 0 aliphatic rings. The summed E-state index contributed by atoms with van der Waals surface area (Å²) in [4.78, 5) is 0. The van der Waals surface area contributed by atoms with E-state index in [1.807, 2.05) is 12.1 Å². The van der Waals surface area contributed by atoms with E-state index < -0.39 is 0 Å². The van der Waals surface area contributed by atoms with Crippen molar-refractivity contribution >= 4 is 0 Å². The molecule has 2 heteroatoms. The van der Waals surface area contributed by atoms with Crippen molar-refractivity contribution in [1.82, 2.24) is 0 Å². The summed E-state index contributed by atoms with van der Waals surface area (Å²) in [6.07, 6.45) is 7.07. The van der Waals surface area contributed by atoms with Gasteiger partial charge in [0.05, 0.1) is 6.26 Å². The van der Waals surface area contributed by atoms with Crippen LogP contribution in [-0.4, -0.2) is 5.54 Å². The molecule has 0 spiro atoms. The van der Waals surface area contributed by atoms with E-state index >= 15 is 0 Å². The van der Waals surface area contributed by atoms with Crippen LogP contribution in [0.2, 0.25) is 0 Å². The molecule has 0 aliphatic heterocycles. The average molecular weight is 195 g/mol. The highest BCUT2D eigenvalue weighted by molar-refractivity contribution is 5.04. The first kappa shape index (κ1) is 11.3. The van der Waals surface area contributed by atoms with Crippen molar-refractivity contribution in [2.24, 2.45) is 5.73 Å². The maximum Gasteiger partial charge on any atom is 0.105 e. The van der Waals surface area contributed by atoms with Gasteiger partial charge in [0.25, 0.3) is 0 Å². The van der Waals surface area contributed by atoms with Gasteiger partial charge in [0.1, 0.15) is 5.76 Å². The lowest BCUT2D eigenvalue weighted by atomic mass is 9.87. The van der Waals surface area contributed by atoms with E-state index in [-0.39, 0.29) is 5.54 Å². The Bertz CT molecular complexity index is 243. The third kappa shape index (κ3) is 3.18. The molecule has 80 valence electrons. The zero-order valence-electron chi connectivity index (χ0n) is 9.25. The van der Waals surface area contributed by atoms with Crippen LogP contribution in [0.5, 0.6) is 0 Å². The summed E-state index contributed by atoms with van der Waals surface area (Å²) in [5.74, 6) is 1.01. The lowest BCUT2D eigenvalue weighted by molar-refractivity contribution is 0.336. The third-order valence-corrected chi connectivity index (χ3v) is 2.84. The molecular formula is C12H21NO. The molecule has 1 heterocycles. The fraction of sp³-hybridized carbons (Fsp3) is 0.667. The standard InChI is InChI=1S/C12H21NO/c1-3-5-8-12(13,4-2)10-11-7-6-9-14-11/h6-7,9H,3-5,8,10,13H2,1-2H3. The highest BCUT2D eigenvalue weighted by atomic mass is 16.3. The van der Waals surface area contributed by atoms with Crippen LogP contribution in [-0.2, 0) is 6.42 Å². The number of hydrogen-bond acceptors (Lipinski definition) is 2. The first-order valence-electron chi connectivity index (χ1n) is 5.51. The van der Waals surface area contributed by atoms with Gasteiger partial charge in [-0.05, 0) is 25.0 Å². The van der Waals surface area contributed by atoms with Crippen LogP contribution in [0.4, 0.5) is 0 Å². The van der Waals surface area contributed by atoms with Crippen LogP contribution in [0.1, 0.15) is 45.3 Å². The maximum atomic E-state index is 6.31. The maximum absolute atomic E-state index is 6.31. The van der Waals surface area contributed by atoms with Gasteiger partial charge < -0.3 is 10.2 Å². The van der Waals surface area contributed by atoms with Crippen molar-refractivity contribution in [3.8, 4) is 0 Å². The lowest BCUT2D eigenvalue weighted by Crippen LogP contribution is -2.41. The zero-order chi connectivity index (χ0) is 10.4. The number of rotatable bonds is 6. The number of furan rings is 1. The molecule has 14 heavy (non-hydrogen) atoms. The molecule has 0 saturated carbocycles. The summed E-state index contributed by atoms with van der Waals surface area (Å²) in [5.41, 5.74) is 6.24. The van der Waals surface area contributed by atoms with Crippen LogP contribution in [0.3, 0.4) is 0 Å². The Hall–Kier alpha value is -0.760. The summed E-state index contributed by atoms with van der Waals surface area (Å²) in [7, 11) is 0. The predicted molar refractivity (Wildman–Crippen MR) is 59.1 cm³/mol. The van der Waals surface area contributed by atoms with Gasteiger partial charge in [-0.25, -0.2) is 0 Å². The molecule has 0 fully saturated rings. The van der Waals surface area contributed by atoms with Crippen LogP contribution < -0.4 is 5.73 Å². The van der Waals surface area contributed by atoms with Crippen molar-refractivity contribution in [2.45, 2.75) is 51.5 Å². The summed E-state index contributed by atoms with van der Waals surface area (Å²) < 4.78 is 5.33. The molecule has 0 bridgehead atoms. The average Bonchev–Trinajstić information content (AvgIpc) is 2.67. The Labute approximate surface area is 86.5 Å². The zero-order valence-corrected chi connectivity index (χ0v) is 9.25. The predicted octanol–water partition coefficient (Wildman–Crippen LogP) is 3.12. The molecule has 0 aromatic carbocycles. The minimum Gasteiger partial charge on any atom is -0.469 e. The highest BCUT2D eigenvalue weighted by Gasteiger charge is 2.23. The molecule has 0 amide bonds. The molecule has 0 aliphatic carbocycles. The number of unbranched alkanes of at least 4 members (excludes halogenated alkanes) is 1. The van der Waals surface area contributed by atoms with Crippen LogP contribution >= 0.6 is 0 Å². The van der Waals surface area contributed by atoms with E-state index in [1.54, 1.807) is 6.26 Å². The Morgan fingerprint density at radius 3 is 2.71 bits per heavy atom. The summed E-state index contributed by atoms with van der Waals surface area (Å²) in [6.45, 7) is 4.35. The molecule has 0 saturated heterocycles. The van der Waals surface area contributed by atoms with Gasteiger partial charge in [-0.1, -0.05) is 26.7 Å². The van der Waals surface area contributed by atoms with E-state index in [0.717, 1.165) is 25.0 Å². The monoisotopic (exact) mass is 195 g/mol. The minimum atomic E-state index is -0.0755. The van der Waals surface area contributed by atoms with Gasteiger partial charge in [0, 0.05) is 12.0 Å². The Morgan fingerprint density at radius 2 is 2.21 bits per heavy atom. The van der Waals surface area contributed by atoms with Crippen LogP contribution in [0, 0.1) is 0 Å². The fourth-order valence-electron chi connectivity index (χ4n) is 1.68. The van der Waals surface area contributed by atoms with E-state index in [2.05, 4.69) is 13.8 Å². The summed E-state index contributed by atoms with van der Waals surface area (Å²) in [5, 5.41) is 0. The van der Waals surface area contributed by atoms with Crippen molar-refractivity contribution < 1.29 is 4.42 Å². The quantitative estimate of drug-likeness (QED) is 0.757. The Morgan fingerprint density at radius 1 is 1.43 bits per heavy atom. The first-order chi connectivity index (χ1) is 6.70. The topological polar surface area (TPSA) is 39.2 Å². The second-order valence-corrected chi connectivity index (χ2v) is 4.08. The molecule has 1 aromatic rings. The van der Waals surface area contributed by atoms with Crippen molar-refractivity contribution in [3.05, 3.63) is 24.2 Å².